The summed E-state index contributed by atoms with van der Waals surface area (Å²) in [5.74, 6) is -0.393. The third-order valence-electron chi connectivity index (χ3n) is 1.73. The van der Waals surface area contributed by atoms with E-state index in [9.17, 15) is 9.90 Å². The van der Waals surface area contributed by atoms with Gasteiger partial charge in [-0.05, 0) is 6.07 Å². The van der Waals surface area contributed by atoms with E-state index in [-0.39, 0.29) is 0 Å². The minimum absolute atomic E-state index is 0.393. The standard InChI is InChI=1S/C8H6N2O2/c11-7-5-3-1-2-4-6(5)8(12)10-9-7/h1-4,7,11H. The molecule has 60 valence electrons. The molecule has 1 aliphatic heterocycles. The lowest BCUT2D eigenvalue weighted by molar-refractivity contribution is 0.0945. The maximum atomic E-state index is 11.1. The first kappa shape index (κ1) is 7.12. The maximum Gasteiger partial charge on any atom is 0.295 e. The quantitative estimate of drug-likeness (QED) is 0.624. The highest BCUT2D eigenvalue weighted by Gasteiger charge is 2.20. The highest BCUT2D eigenvalue weighted by Crippen LogP contribution is 2.24. The van der Waals surface area contributed by atoms with Crippen molar-refractivity contribution in [2.45, 2.75) is 6.23 Å². The lowest BCUT2D eigenvalue weighted by atomic mass is 10.1. The van der Waals surface area contributed by atoms with E-state index >= 15 is 0 Å². The second-order valence-corrected chi connectivity index (χ2v) is 2.48. The van der Waals surface area contributed by atoms with Crippen molar-refractivity contribution in [3.63, 3.8) is 0 Å². The summed E-state index contributed by atoms with van der Waals surface area (Å²) in [6.07, 6.45) is -0.987. The van der Waals surface area contributed by atoms with E-state index in [4.69, 9.17) is 0 Å². The van der Waals surface area contributed by atoms with E-state index in [0.29, 0.717) is 11.1 Å². The van der Waals surface area contributed by atoms with Crippen LogP contribution in [0.3, 0.4) is 0 Å². The number of amides is 1. The molecule has 0 saturated carbocycles. The Morgan fingerprint density at radius 3 is 2.83 bits per heavy atom. The highest BCUT2D eigenvalue weighted by atomic mass is 16.3. The molecule has 4 nitrogen and oxygen atoms in total. The molecule has 0 bridgehead atoms. The second kappa shape index (κ2) is 2.49. The van der Waals surface area contributed by atoms with Crippen LogP contribution in [0.15, 0.2) is 34.5 Å². The number of azo groups is 1. The predicted molar refractivity (Wildman–Crippen MR) is 40.6 cm³/mol. The van der Waals surface area contributed by atoms with Crippen molar-refractivity contribution in [1.29, 1.82) is 0 Å². The van der Waals surface area contributed by atoms with Crippen LogP contribution < -0.4 is 0 Å². The van der Waals surface area contributed by atoms with Gasteiger partial charge in [-0.15, -0.1) is 10.2 Å². The van der Waals surface area contributed by atoms with Gasteiger partial charge < -0.3 is 5.11 Å². The minimum atomic E-state index is -0.987. The van der Waals surface area contributed by atoms with Crippen molar-refractivity contribution in [3.05, 3.63) is 35.4 Å². The van der Waals surface area contributed by atoms with E-state index in [0.717, 1.165) is 0 Å². The zero-order valence-corrected chi connectivity index (χ0v) is 6.14. The predicted octanol–water partition coefficient (Wildman–Crippen LogP) is 1.28. The van der Waals surface area contributed by atoms with Crippen LogP contribution in [0.25, 0.3) is 0 Å². The fraction of sp³-hybridized carbons (Fsp3) is 0.125. The van der Waals surface area contributed by atoms with Gasteiger partial charge in [-0.25, -0.2) is 0 Å². The van der Waals surface area contributed by atoms with Crippen molar-refractivity contribution in [1.82, 2.24) is 0 Å². The van der Waals surface area contributed by atoms with Crippen LogP contribution in [0.5, 0.6) is 0 Å². The number of nitrogens with zero attached hydrogens (tertiary/aromatic N) is 2. The Morgan fingerprint density at radius 1 is 1.33 bits per heavy atom. The van der Waals surface area contributed by atoms with Crippen LogP contribution in [0, 0.1) is 0 Å². The van der Waals surface area contributed by atoms with Gasteiger partial charge in [0.15, 0.2) is 6.23 Å². The molecular weight excluding hydrogens is 156 g/mol. The molecule has 0 radical (unpaired) electrons. The molecule has 0 fully saturated rings. The minimum Gasteiger partial charge on any atom is -0.366 e. The topological polar surface area (TPSA) is 62.0 Å². The van der Waals surface area contributed by atoms with Gasteiger partial charge in [-0.1, -0.05) is 18.2 Å². The Morgan fingerprint density at radius 2 is 2.08 bits per heavy atom. The van der Waals surface area contributed by atoms with E-state index in [1.165, 1.54) is 0 Å². The van der Waals surface area contributed by atoms with Gasteiger partial charge in [0, 0.05) is 5.56 Å². The molecule has 0 aliphatic carbocycles. The third-order valence-corrected chi connectivity index (χ3v) is 1.73. The number of hydrogen-bond donors (Lipinski definition) is 1. The van der Waals surface area contributed by atoms with Gasteiger partial charge >= 0.3 is 0 Å². The molecule has 1 amide bonds. The zero-order chi connectivity index (χ0) is 8.55. The summed E-state index contributed by atoms with van der Waals surface area (Å²) >= 11 is 0. The summed E-state index contributed by atoms with van der Waals surface area (Å²) in [6, 6.07) is 6.76. The first-order valence-electron chi connectivity index (χ1n) is 3.51. The maximum absolute atomic E-state index is 11.1. The summed E-state index contributed by atoms with van der Waals surface area (Å²) < 4.78 is 0. The first-order valence-corrected chi connectivity index (χ1v) is 3.51. The molecule has 1 aliphatic rings. The van der Waals surface area contributed by atoms with Crippen LogP contribution in [0.2, 0.25) is 0 Å². The smallest absolute Gasteiger partial charge is 0.295 e. The molecule has 2 rings (SSSR count). The summed E-state index contributed by atoms with van der Waals surface area (Å²) in [6.45, 7) is 0. The molecular formula is C8H6N2O2. The Balaban J connectivity index is 2.61. The van der Waals surface area contributed by atoms with Gasteiger partial charge in [-0.2, -0.15) is 0 Å². The number of aliphatic hydroxyl groups is 1. The van der Waals surface area contributed by atoms with Gasteiger partial charge in [-0.3, -0.25) is 4.79 Å². The molecule has 4 heteroatoms. The molecule has 1 aromatic carbocycles. The fourth-order valence-electron chi connectivity index (χ4n) is 1.14. The molecule has 1 atom stereocenters. The number of hydrogen-bond acceptors (Lipinski definition) is 3. The second-order valence-electron chi connectivity index (χ2n) is 2.48. The molecule has 1 unspecified atom stereocenters. The molecule has 1 aromatic rings. The van der Waals surface area contributed by atoms with Crippen LogP contribution in [-0.2, 0) is 0 Å². The van der Waals surface area contributed by atoms with Gasteiger partial charge in [0.05, 0.1) is 5.56 Å². The lowest BCUT2D eigenvalue weighted by Crippen LogP contribution is -2.08. The molecule has 0 spiro atoms. The van der Waals surface area contributed by atoms with Crippen molar-refractivity contribution in [2.24, 2.45) is 10.2 Å². The van der Waals surface area contributed by atoms with Crippen LogP contribution >= 0.6 is 0 Å². The summed E-state index contributed by atoms with van der Waals surface area (Å²) in [5, 5.41) is 15.9. The Hall–Kier alpha value is -1.55. The zero-order valence-electron chi connectivity index (χ0n) is 6.14. The summed E-state index contributed by atoms with van der Waals surface area (Å²) in [5.41, 5.74) is 0.956. The average Bonchev–Trinajstić information content (AvgIpc) is 2.12. The van der Waals surface area contributed by atoms with E-state index in [1.807, 2.05) is 0 Å². The molecule has 1 N–H and O–H groups in total. The van der Waals surface area contributed by atoms with Crippen molar-refractivity contribution < 1.29 is 9.90 Å². The number of aliphatic hydroxyl groups excluding tert-OH is 1. The fourth-order valence-corrected chi connectivity index (χ4v) is 1.14. The van der Waals surface area contributed by atoms with E-state index < -0.39 is 12.1 Å². The van der Waals surface area contributed by atoms with Gasteiger partial charge in [0.1, 0.15) is 0 Å². The van der Waals surface area contributed by atoms with Crippen molar-refractivity contribution >= 4 is 5.91 Å². The highest BCUT2D eigenvalue weighted by molar-refractivity contribution is 5.96. The van der Waals surface area contributed by atoms with Gasteiger partial charge in [0.25, 0.3) is 5.91 Å². The molecule has 12 heavy (non-hydrogen) atoms. The number of rotatable bonds is 0. The van der Waals surface area contributed by atoms with E-state index in [1.54, 1.807) is 24.3 Å². The lowest BCUT2D eigenvalue weighted by Gasteiger charge is -2.11. The summed E-state index contributed by atoms with van der Waals surface area (Å²) in [4.78, 5) is 11.1. The monoisotopic (exact) mass is 162 g/mol. The van der Waals surface area contributed by atoms with Crippen LogP contribution in [0.4, 0.5) is 0 Å². The largest absolute Gasteiger partial charge is 0.366 e. The van der Waals surface area contributed by atoms with Crippen molar-refractivity contribution in [2.75, 3.05) is 0 Å². The van der Waals surface area contributed by atoms with Gasteiger partial charge in [0.2, 0.25) is 0 Å². The Kier molecular flexibility index (Phi) is 1.48. The normalized spacial score (nSPS) is 20.8. The molecule has 0 saturated heterocycles. The van der Waals surface area contributed by atoms with Crippen LogP contribution in [-0.4, -0.2) is 11.0 Å². The third kappa shape index (κ3) is 0.931. The molecule has 1 heterocycles. The summed E-state index contributed by atoms with van der Waals surface area (Å²) in [7, 11) is 0. The number of benzene rings is 1. The first-order chi connectivity index (χ1) is 5.79. The Bertz CT molecular complexity index is 360. The average molecular weight is 162 g/mol. The SMILES string of the molecule is O=C1N=NC(O)c2ccccc21. The van der Waals surface area contributed by atoms with E-state index in [2.05, 4.69) is 10.2 Å². The van der Waals surface area contributed by atoms with Crippen LogP contribution in [0.1, 0.15) is 22.1 Å². The van der Waals surface area contributed by atoms with Crippen molar-refractivity contribution in [3.8, 4) is 0 Å². The molecule has 0 aromatic heterocycles. The number of fused-ring (bicyclic) bond motifs is 1. The number of carbonyl (C=O) groups is 1. The number of carbonyl (C=O) groups excluding carboxylic acids is 1. The Labute approximate surface area is 68.6 Å².